The first-order valence-electron chi connectivity index (χ1n) is 6.58. The van der Waals surface area contributed by atoms with E-state index in [9.17, 15) is 15.3 Å². The molecule has 2 aromatic rings. The average Bonchev–Trinajstić information content (AvgIpc) is 2.55. The first-order chi connectivity index (χ1) is 11.0. The van der Waals surface area contributed by atoms with Crippen molar-refractivity contribution in [2.75, 3.05) is 5.73 Å². The predicted octanol–water partition coefficient (Wildman–Crippen LogP) is 2.64. The smallest absolute Gasteiger partial charge is 0.316 e. The molecule has 0 saturated heterocycles. The number of carbonyl (C=O) groups is 1. The van der Waals surface area contributed by atoms with Gasteiger partial charge in [-0.15, -0.1) is 0 Å². The van der Waals surface area contributed by atoms with E-state index in [1.807, 2.05) is 18.2 Å². The number of carboxylic acids is 1. The SMILES string of the molecule is CC(Sc1nc(N)c(C#N)c(-c2ccccc2)c1C#N)C(=O)O. The zero-order valence-corrected chi connectivity index (χ0v) is 13.0. The Bertz CT molecular complexity index is 838. The number of nitriles is 2. The summed E-state index contributed by atoms with van der Waals surface area (Å²) in [6.45, 7) is 1.49. The lowest BCUT2D eigenvalue weighted by molar-refractivity contribution is -0.136. The van der Waals surface area contributed by atoms with Crippen molar-refractivity contribution < 1.29 is 9.90 Å². The van der Waals surface area contributed by atoms with Gasteiger partial charge in [0, 0.05) is 5.56 Å². The highest BCUT2D eigenvalue weighted by atomic mass is 32.2. The molecule has 7 heteroatoms. The van der Waals surface area contributed by atoms with Gasteiger partial charge in [-0.1, -0.05) is 42.1 Å². The van der Waals surface area contributed by atoms with Gasteiger partial charge in [-0.25, -0.2) is 4.98 Å². The Hall–Kier alpha value is -3.03. The van der Waals surface area contributed by atoms with Crippen LogP contribution in [-0.4, -0.2) is 21.3 Å². The highest BCUT2D eigenvalue weighted by molar-refractivity contribution is 8.00. The maximum Gasteiger partial charge on any atom is 0.316 e. The van der Waals surface area contributed by atoms with Gasteiger partial charge in [0.25, 0.3) is 0 Å². The predicted molar refractivity (Wildman–Crippen MR) is 86.5 cm³/mol. The van der Waals surface area contributed by atoms with Crippen LogP contribution >= 0.6 is 11.8 Å². The molecule has 0 amide bonds. The summed E-state index contributed by atoms with van der Waals surface area (Å²) < 4.78 is 0. The number of benzene rings is 1. The fourth-order valence-corrected chi connectivity index (χ4v) is 2.85. The van der Waals surface area contributed by atoms with E-state index in [0.29, 0.717) is 11.1 Å². The quantitative estimate of drug-likeness (QED) is 0.828. The van der Waals surface area contributed by atoms with Crippen LogP contribution in [0.5, 0.6) is 0 Å². The summed E-state index contributed by atoms with van der Waals surface area (Å²) in [5, 5.41) is 27.3. The number of pyridine rings is 1. The zero-order valence-electron chi connectivity index (χ0n) is 12.1. The molecule has 0 fully saturated rings. The molecular weight excluding hydrogens is 312 g/mol. The molecule has 1 atom stereocenters. The highest BCUT2D eigenvalue weighted by Gasteiger charge is 2.23. The summed E-state index contributed by atoms with van der Waals surface area (Å²) in [5.74, 6) is -1.05. The first kappa shape index (κ1) is 16.3. The van der Waals surface area contributed by atoms with E-state index in [1.165, 1.54) is 6.92 Å². The average molecular weight is 324 g/mol. The summed E-state index contributed by atoms with van der Waals surface area (Å²) in [5.41, 5.74) is 7.14. The van der Waals surface area contributed by atoms with Crippen LogP contribution in [-0.2, 0) is 4.79 Å². The van der Waals surface area contributed by atoms with Gasteiger partial charge in [0.05, 0.1) is 5.56 Å². The van der Waals surface area contributed by atoms with E-state index in [2.05, 4.69) is 4.98 Å². The fraction of sp³-hybridized carbons (Fsp3) is 0.125. The number of nitrogens with two attached hydrogens (primary N) is 1. The molecule has 1 unspecified atom stereocenters. The molecule has 114 valence electrons. The van der Waals surface area contributed by atoms with Crippen LogP contribution in [0, 0.1) is 22.7 Å². The molecule has 1 aromatic heterocycles. The monoisotopic (exact) mass is 324 g/mol. The van der Waals surface area contributed by atoms with E-state index in [4.69, 9.17) is 10.8 Å². The number of aliphatic carboxylic acids is 1. The minimum atomic E-state index is -1.02. The standard InChI is InChI=1S/C16H12N4O2S/c1-9(16(21)22)23-15-12(8-18)13(10-5-3-2-4-6-10)11(7-17)14(19)20-15/h2-6,9H,1H3,(H2,19,20)(H,21,22). The fourth-order valence-electron chi connectivity index (χ4n) is 1.99. The normalized spacial score (nSPS) is 11.3. The van der Waals surface area contributed by atoms with Crippen LogP contribution in [0.2, 0.25) is 0 Å². The Labute approximate surface area is 137 Å². The minimum Gasteiger partial charge on any atom is -0.480 e. The number of rotatable bonds is 4. The number of carboxylic acid groups (broad SMARTS) is 1. The molecule has 1 aromatic carbocycles. The molecular formula is C16H12N4O2S. The number of hydrogen-bond acceptors (Lipinski definition) is 6. The maximum absolute atomic E-state index is 11.1. The molecule has 3 N–H and O–H groups in total. The largest absolute Gasteiger partial charge is 0.480 e. The third-order valence-corrected chi connectivity index (χ3v) is 4.19. The summed E-state index contributed by atoms with van der Waals surface area (Å²) in [6, 6.07) is 12.9. The summed E-state index contributed by atoms with van der Waals surface area (Å²) in [6.07, 6.45) is 0. The molecule has 23 heavy (non-hydrogen) atoms. The van der Waals surface area contributed by atoms with Gasteiger partial charge >= 0.3 is 5.97 Å². The number of anilines is 1. The molecule has 2 rings (SSSR count). The van der Waals surface area contributed by atoms with Crippen LogP contribution in [0.3, 0.4) is 0 Å². The molecule has 1 heterocycles. The lowest BCUT2D eigenvalue weighted by Gasteiger charge is -2.14. The third-order valence-electron chi connectivity index (χ3n) is 3.11. The Morgan fingerprint density at radius 2 is 1.87 bits per heavy atom. The number of hydrogen-bond donors (Lipinski definition) is 2. The molecule has 0 aliphatic heterocycles. The third kappa shape index (κ3) is 3.25. The molecule has 0 aliphatic carbocycles. The van der Waals surface area contributed by atoms with Gasteiger partial charge in [0.1, 0.15) is 33.8 Å². The van der Waals surface area contributed by atoms with E-state index in [-0.39, 0.29) is 22.0 Å². The lowest BCUT2D eigenvalue weighted by atomic mass is 9.97. The van der Waals surface area contributed by atoms with Gasteiger partial charge in [0.2, 0.25) is 0 Å². The second-order valence-corrected chi connectivity index (χ2v) is 5.94. The van der Waals surface area contributed by atoms with E-state index >= 15 is 0 Å². The number of thioether (sulfide) groups is 1. The van der Waals surface area contributed by atoms with Crippen molar-refractivity contribution in [3.05, 3.63) is 41.5 Å². The van der Waals surface area contributed by atoms with Crippen LogP contribution in [0.1, 0.15) is 18.1 Å². The van der Waals surface area contributed by atoms with Crippen molar-refractivity contribution in [2.24, 2.45) is 0 Å². The number of aromatic nitrogens is 1. The second kappa shape index (κ2) is 6.82. The summed E-state index contributed by atoms with van der Waals surface area (Å²) in [4.78, 5) is 15.1. The molecule has 0 aliphatic rings. The lowest BCUT2D eigenvalue weighted by Crippen LogP contribution is -2.13. The minimum absolute atomic E-state index is 0.0227. The van der Waals surface area contributed by atoms with Crippen molar-refractivity contribution in [3.8, 4) is 23.3 Å². The van der Waals surface area contributed by atoms with Crippen LogP contribution in [0.4, 0.5) is 5.82 Å². The molecule has 0 spiro atoms. The van der Waals surface area contributed by atoms with E-state index in [1.54, 1.807) is 24.3 Å². The van der Waals surface area contributed by atoms with E-state index in [0.717, 1.165) is 11.8 Å². The second-order valence-electron chi connectivity index (χ2n) is 4.62. The van der Waals surface area contributed by atoms with Crippen LogP contribution in [0.15, 0.2) is 35.4 Å². The first-order valence-corrected chi connectivity index (χ1v) is 7.46. The summed E-state index contributed by atoms with van der Waals surface area (Å²) in [7, 11) is 0. The molecule has 6 nitrogen and oxygen atoms in total. The number of nitrogens with zero attached hydrogens (tertiary/aromatic N) is 3. The Morgan fingerprint density at radius 1 is 1.26 bits per heavy atom. The summed E-state index contributed by atoms with van der Waals surface area (Å²) >= 11 is 0.923. The topological polar surface area (TPSA) is 124 Å². The maximum atomic E-state index is 11.1. The van der Waals surface area contributed by atoms with Crippen molar-refractivity contribution in [2.45, 2.75) is 17.2 Å². The van der Waals surface area contributed by atoms with Crippen molar-refractivity contribution in [1.82, 2.24) is 4.98 Å². The van der Waals surface area contributed by atoms with Gasteiger partial charge in [-0.2, -0.15) is 10.5 Å². The molecule has 0 saturated carbocycles. The number of nitrogen functional groups attached to an aromatic ring is 1. The van der Waals surface area contributed by atoms with Crippen molar-refractivity contribution >= 4 is 23.5 Å². The molecule has 0 bridgehead atoms. The van der Waals surface area contributed by atoms with Crippen LogP contribution in [0.25, 0.3) is 11.1 Å². The Balaban J connectivity index is 2.74. The van der Waals surface area contributed by atoms with Gasteiger partial charge in [-0.05, 0) is 12.5 Å². The van der Waals surface area contributed by atoms with E-state index < -0.39 is 11.2 Å². The van der Waals surface area contributed by atoms with Crippen molar-refractivity contribution in [1.29, 1.82) is 10.5 Å². The van der Waals surface area contributed by atoms with Crippen LogP contribution < -0.4 is 5.73 Å². The van der Waals surface area contributed by atoms with Gasteiger partial charge < -0.3 is 10.8 Å². The van der Waals surface area contributed by atoms with Gasteiger partial charge in [-0.3, -0.25) is 4.79 Å². The Morgan fingerprint density at radius 3 is 2.39 bits per heavy atom. The van der Waals surface area contributed by atoms with Crippen molar-refractivity contribution in [3.63, 3.8) is 0 Å². The Kier molecular flexibility index (Phi) is 4.85. The van der Waals surface area contributed by atoms with Gasteiger partial charge in [0.15, 0.2) is 0 Å². The zero-order chi connectivity index (χ0) is 17.0. The highest BCUT2D eigenvalue weighted by Crippen LogP contribution is 2.36. The molecule has 0 radical (unpaired) electrons.